The third-order valence-electron chi connectivity index (χ3n) is 6.48. The minimum absolute atomic E-state index is 0.355. The number of thiophene rings is 1. The van der Waals surface area contributed by atoms with Gasteiger partial charge in [-0.3, -0.25) is 0 Å². The number of methoxy groups -OCH3 is 1. The van der Waals surface area contributed by atoms with Gasteiger partial charge in [0, 0.05) is 17.7 Å². The molecular weight excluding hydrogens is 380 g/mol. The maximum Gasteiger partial charge on any atom is 0.138 e. The SMILES string of the molecule is COc1ccccc1[C@H](CNc1ncnc2sc3c(c12)CCCC3)[NH+]1CCCC1. The number of ether oxygens (including phenoxy) is 1. The number of aryl methyl sites for hydroxylation is 2. The average Bonchev–Trinajstić information content (AvgIpc) is 3.42. The van der Waals surface area contributed by atoms with Gasteiger partial charge in [-0.2, -0.15) is 0 Å². The lowest BCUT2D eigenvalue weighted by Crippen LogP contribution is -3.11. The number of fused-ring (bicyclic) bond motifs is 3. The zero-order valence-corrected chi connectivity index (χ0v) is 17.9. The summed E-state index contributed by atoms with van der Waals surface area (Å²) in [4.78, 5) is 13.5. The molecule has 2 aromatic heterocycles. The molecule has 1 aliphatic heterocycles. The monoisotopic (exact) mass is 409 g/mol. The molecule has 1 atom stereocenters. The standard InChI is InChI=1S/C23H28N4OS/c1-28-19-10-4-2-8-16(19)18(27-12-6-7-13-27)14-24-22-21-17-9-3-5-11-20(17)29-23(21)26-15-25-22/h2,4,8,10,15,18H,3,5-7,9,11-14H2,1H3,(H,24,25,26)/p+1/t18-/m0/s1. The molecule has 0 amide bonds. The number of nitrogens with zero attached hydrogens (tertiary/aromatic N) is 2. The summed E-state index contributed by atoms with van der Waals surface area (Å²) < 4.78 is 5.71. The van der Waals surface area contributed by atoms with Gasteiger partial charge in [0.25, 0.3) is 0 Å². The smallest absolute Gasteiger partial charge is 0.138 e. The number of aromatic nitrogens is 2. The van der Waals surface area contributed by atoms with Gasteiger partial charge in [0.2, 0.25) is 0 Å². The Morgan fingerprint density at radius 2 is 1.93 bits per heavy atom. The van der Waals surface area contributed by atoms with Crippen molar-refractivity contribution in [3.8, 4) is 5.75 Å². The van der Waals surface area contributed by atoms with E-state index in [9.17, 15) is 0 Å². The van der Waals surface area contributed by atoms with Crippen LogP contribution >= 0.6 is 11.3 Å². The van der Waals surface area contributed by atoms with Gasteiger partial charge in [-0.05, 0) is 43.4 Å². The van der Waals surface area contributed by atoms with Gasteiger partial charge in [-0.25, -0.2) is 9.97 Å². The van der Waals surface area contributed by atoms with Crippen LogP contribution in [0.15, 0.2) is 30.6 Å². The molecule has 3 aromatic rings. The molecule has 2 aliphatic rings. The van der Waals surface area contributed by atoms with E-state index in [1.54, 1.807) is 18.3 Å². The van der Waals surface area contributed by atoms with E-state index in [-0.39, 0.29) is 0 Å². The number of para-hydroxylation sites is 1. The lowest BCUT2D eigenvalue weighted by Gasteiger charge is -2.27. The first-order chi connectivity index (χ1) is 14.3. The number of rotatable bonds is 6. The molecule has 1 fully saturated rings. The lowest BCUT2D eigenvalue weighted by molar-refractivity contribution is -0.917. The van der Waals surface area contributed by atoms with Gasteiger partial charge in [0.1, 0.15) is 28.8 Å². The molecule has 2 N–H and O–H groups in total. The number of benzene rings is 1. The van der Waals surface area contributed by atoms with Crippen LogP contribution in [0.4, 0.5) is 5.82 Å². The van der Waals surface area contributed by atoms with E-state index in [4.69, 9.17) is 4.74 Å². The Morgan fingerprint density at radius 1 is 1.10 bits per heavy atom. The number of quaternary nitrogens is 1. The number of likely N-dealkylation sites (tertiary alicyclic amines) is 1. The minimum Gasteiger partial charge on any atom is -0.496 e. The van der Waals surface area contributed by atoms with Gasteiger partial charge < -0.3 is 15.0 Å². The van der Waals surface area contributed by atoms with E-state index in [0.29, 0.717) is 6.04 Å². The molecule has 5 rings (SSSR count). The number of hydrogen-bond acceptors (Lipinski definition) is 5. The lowest BCUT2D eigenvalue weighted by atomic mass is 9.97. The zero-order valence-electron chi connectivity index (χ0n) is 17.0. The molecule has 1 aliphatic carbocycles. The van der Waals surface area contributed by atoms with Crippen LogP contribution < -0.4 is 15.0 Å². The fraction of sp³-hybridized carbons (Fsp3) is 0.478. The van der Waals surface area contributed by atoms with Crippen molar-refractivity contribution in [1.82, 2.24) is 9.97 Å². The Balaban J connectivity index is 1.47. The van der Waals surface area contributed by atoms with Crippen LogP contribution in [0.25, 0.3) is 10.2 Å². The quantitative estimate of drug-likeness (QED) is 0.655. The average molecular weight is 410 g/mol. The zero-order chi connectivity index (χ0) is 19.6. The summed E-state index contributed by atoms with van der Waals surface area (Å²) in [5, 5.41) is 5.00. The fourth-order valence-electron chi connectivity index (χ4n) is 5.03. The third-order valence-corrected chi connectivity index (χ3v) is 7.68. The highest BCUT2D eigenvalue weighted by Gasteiger charge is 2.30. The van der Waals surface area contributed by atoms with Crippen LogP contribution in [0.2, 0.25) is 0 Å². The van der Waals surface area contributed by atoms with Gasteiger partial charge in [0.15, 0.2) is 0 Å². The topological polar surface area (TPSA) is 51.5 Å². The Morgan fingerprint density at radius 3 is 2.79 bits per heavy atom. The van der Waals surface area contributed by atoms with Gasteiger partial charge in [-0.15, -0.1) is 11.3 Å². The Bertz CT molecular complexity index is 996. The highest BCUT2D eigenvalue weighted by atomic mass is 32.1. The van der Waals surface area contributed by atoms with Gasteiger partial charge >= 0.3 is 0 Å². The molecule has 6 heteroatoms. The molecule has 0 unspecified atom stereocenters. The molecular formula is C23H29N4OS+. The van der Waals surface area contributed by atoms with Crippen molar-refractivity contribution < 1.29 is 9.64 Å². The summed E-state index contributed by atoms with van der Waals surface area (Å²) in [7, 11) is 1.77. The molecule has 0 spiro atoms. The van der Waals surface area contributed by atoms with Crippen molar-refractivity contribution in [1.29, 1.82) is 0 Å². The van der Waals surface area contributed by atoms with Crippen LogP contribution in [0, 0.1) is 0 Å². The highest BCUT2D eigenvalue weighted by Crippen LogP contribution is 2.38. The van der Waals surface area contributed by atoms with Crippen LogP contribution in [0.3, 0.4) is 0 Å². The second kappa shape index (κ2) is 8.28. The van der Waals surface area contributed by atoms with Gasteiger partial charge in [-0.1, -0.05) is 12.1 Å². The summed E-state index contributed by atoms with van der Waals surface area (Å²) in [6.45, 7) is 3.29. The van der Waals surface area contributed by atoms with Crippen LogP contribution in [0.1, 0.15) is 47.7 Å². The van der Waals surface area contributed by atoms with Crippen molar-refractivity contribution in [3.63, 3.8) is 0 Å². The molecule has 29 heavy (non-hydrogen) atoms. The second-order valence-corrected chi connectivity index (χ2v) is 9.24. The fourth-order valence-corrected chi connectivity index (χ4v) is 6.26. The van der Waals surface area contributed by atoms with E-state index in [1.807, 2.05) is 11.3 Å². The number of hydrogen-bond donors (Lipinski definition) is 2. The summed E-state index contributed by atoms with van der Waals surface area (Å²) in [5.74, 6) is 1.99. The van der Waals surface area contributed by atoms with Crippen molar-refractivity contribution in [3.05, 3.63) is 46.6 Å². The highest BCUT2D eigenvalue weighted by molar-refractivity contribution is 7.19. The number of anilines is 1. The van der Waals surface area contributed by atoms with E-state index in [0.717, 1.165) is 29.4 Å². The molecule has 1 saturated heterocycles. The first-order valence-corrected chi connectivity index (χ1v) is 11.6. The Kier molecular flexibility index (Phi) is 5.38. The van der Waals surface area contributed by atoms with Crippen LogP contribution in [0.5, 0.6) is 5.75 Å². The molecule has 152 valence electrons. The van der Waals surface area contributed by atoms with Crippen LogP contribution in [-0.4, -0.2) is 36.7 Å². The van der Waals surface area contributed by atoms with E-state index in [1.165, 1.54) is 66.6 Å². The summed E-state index contributed by atoms with van der Waals surface area (Å²) in [5.41, 5.74) is 2.78. The molecule has 1 aromatic carbocycles. The van der Waals surface area contributed by atoms with Crippen molar-refractivity contribution >= 4 is 27.4 Å². The first-order valence-electron chi connectivity index (χ1n) is 10.8. The maximum atomic E-state index is 5.71. The molecule has 0 radical (unpaired) electrons. The van der Waals surface area contributed by atoms with Crippen molar-refractivity contribution in [2.24, 2.45) is 0 Å². The van der Waals surface area contributed by atoms with Crippen LogP contribution in [-0.2, 0) is 12.8 Å². The molecule has 5 nitrogen and oxygen atoms in total. The molecule has 3 heterocycles. The maximum absolute atomic E-state index is 5.71. The van der Waals surface area contributed by atoms with E-state index >= 15 is 0 Å². The Hall–Kier alpha value is -2.18. The minimum atomic E-state index is 0.355. The Labute approximate surface area is 176 Å². The van der Waals surface area contributed by atoms with E-state index < -0.39 is 0 Å². The summed E-state index contributed by atoms with van der Waals surface area (Å²) >= 11 is 1.86. The predicted molar refractivity (Wildman–Crippen MR) is 118 cm³/mol. The van der Waals surface area contributed by atoms with Gasteiger partial charge in [0.05, 0.1) is 37.7 Å². The normalized spacial score (nSPS) is 18.0. The first kappa shape index (κ1) is 18.8. The largest absolute Gasteiger partial charge is 0.496 e. The van der Waals surface area contributed by atoms with Crippen molar-refractivity contribution in [2.45, 2.75) is 44.6 Å². The number of nitrogens with one attached hydrogen (secondary N) is 2. The second-order valence-electron chi connectivity index (χ2n) is 8.15. The summed E-state index contributed by atoms with van der Waals surface area (Å²) in [6.07, 6.45) is 9.24. The van der Waals surface area contributed by atoms with E-state index in [2.05, 4.69) is 39.6 Å². The van der Waals surface area contributed by atoms with Crippen molar-refractivity contribution in [2.75, 3.05) is 32.1 Å². The summed E-state index contributed by atoms with van der Waals surface area (Å²) in [6, 6.07) is 8.83. The molecule has 0 bridgehead atoms. The predicted octanol–water partition coefficient (Wildman–Crippen LogP) is 3.41. The molecule has 0 saturated carbocycles. The third kappa shape index (κ3) is 3.60.